The second-order valence-electron chi connectivity index (χ2n) is 4.79. The molecular formula is C14H21NO3. The minimum absolute atomic E-state index is 0.00890. The van der Waals surface area contributed by atoms with Crippen LogP contribution in [0.25, 0.3) is 0 Å². The van der Waals surface area contributed by atoms with Crippen molar-refractivity contribution in [3.8, 4) is 5.75 Å². The number of aliphatic hydroxyl groups excluding tert-OH is 2. The van der Waals surface area contributed by atoms with E-state index in [-0.39, 0.29) is 19.3 Å². The molecule has 18 heavy (non-hydrogen) atoms. The van der Waals surface area contributed by atoms with Crippen LogP contribution in [0.5, 0.6) is 5.75 Å². The number of nitrogens with zero attached hydrogens (tertiary/aromatic N) is 1. The van der Waals surface area contributed by atoms with Crippen LogP contribution in [0.15, 0.2) is 18.2 Å². The van der Waals surface area contributed by atoms with Crippen molar-refractivity contribution >= 4 is 0 Å². The third-order valence-corrected chi connectivity index (χ3v) is 3.55. The number of ether oxygens (including phenoxy) is 1. The quantitative estimate of drug-likeness (QED) is 0.771. The average Bonchev–Trinajstić information content (AvgIpc) is 2.85. The molecule has 2 rings (SSSR count). The molecule has 0 unspecified atom stereocenters. The Labute approximate surface area is 108 Å². The van der Waals surface area contributed by atoms with Crippen LogP contribution < -0.4 is 4.74 Å². The van der Waals surface area contributed by atoms with Gasteiger partial charge in [0.15, 0.2) is 0 Å². The van der Waals surface area contributed by atoms with Gasteiger partial charge in [0.05, 0.1) is 25.9 Å². The van der Waals surface area contributed by atoms with Gasteiger partial charge in [-0.05, 0) is 30.7 Å². The van der Waals surface area contributed by atoms with Gasteiger partial charge in [0.2, 0.25) is 0 Å². The maximum absolute atomic E-state index is 9.10. The fraction of sp³-hybridized carbons (Fsp3) is 0.571. The van der Waals surface area contributed by atoms with Gasteiger partial charge in [-0.2, -0.15) is 0 Å². The molecule has 1 aliphatic rings. The first-order chi connectivity index (χ1) is 8.74. The van der Waals surface area contributed by atoms with Crippen LogP contribution in [0.2, 0.25) is 0 Å². The normalized spacial score (nSPS) is 14.1. The van der Waals surface area contributed by atoms with Crippen molar-refractivity contribution in [3.05, 3.63) is 29.3 Å². The molecule has 0 saturated heterocycles. The smallest absolute Gasteiger partial charge is 0.122 e. The zero-order valence-electron chi connectivity index (χ0n) is 10.8. The third kappa shape index (κ3) is 3.02. The Kier molecular flexibility index (Phi) is 4.58. The highest BCUT2D eigenvalue weighted by Crippen LogP contribution is 2.26. The molecule has 4 heteroatoms. The van der Waals surface area contributed by atoms with E-state index < -0.39 is 0 Å². The monoisotopic (exact) mass is 251 g/mol. The van der Waals surface area contributed by atoms with Crippen LogP contribution in [-0.4, -0.2) is 54.6 Å². The van der Waals surface area contributed by atoms with Gasteiger partial charge in [0, 0.05) is 13.0 Å². The van der Waals surface area contributed by atoms with E-state index in [1.807, 2.05) is 18.0 Å². The van der Waals surface area contributed by atoms with E-state index in [4.69, 9.17) is 14.9 Å². The molecule has 4 nitrogen and oxygen atoms in total. The SMILES string of the molecule is CN(CCc1ccc2c(c1)CCO2)C(CO)CO. The summed E-state index contributed by atoms with van der Waals surface area (Å²) in [5.74, 6) is 1.01. The maximum atomic E-state index is 9.10. The first kappa shape index (κ1) is 13.3. The van der Waals surface area contributed by atoms with Crippen molar-refractivity contribution in [3.63, 3.8) is 0 Å². The number of benzene rings is 1. The molecule has 0 fully saturated rings. The molecule has 1 aromatic rings. The Morgan fingerprint density at radius 1 is 1.33 bits per heavy atom. The van der Waals surface area contributed by atoms with Crippen molar-refractivity contribution in [2.45, 2.75) is 18.9 Å². The van der Waals surface area contributed by atoms with Gasteiger partial charge in [0.1, 0.15) is 5.75 Å². The largest absolute Gasteiger partial charge is 0.493 e. The first-order valence-electron chi connectivity index (χ1n) is 6.41. The molecule has 1 heterocycles. The minimum atomic E-state index is -0.164. The molecule has 1 aliphatic heterocycles. The van der Waals surface area contributed by atoms with Crippen LogP contribution >= 0.6 is 0 Å². The lowest BCUT2D eigenvalue weighted by molar-refractivity contribution is 0.0925. The highest BCUT2D eigenvalue weighted by atomic mass is 16.5. The zero-order valence-corrected chi connectivity index (χ0v) is 10.8. The topological polar surface area (TPSA) is 52.9 Å². The molecule has 0 spiro atoms. The average molecular weight is 251 g/mol. The Morgan fingerprint density at radius 3 is 2.83 bits per heavy atom. The Hall–Kier alpha value is -1.10. The van der Waals surface area contributed by atoms with E-state index in [0.29, 0.717) is 0 Å². The number of hydrogen-bond acceptors (Lipinski definition) is 4. The fourth-order valence-corrected chi connectivity index (χ4v) is 2.22. The highest BCUT2D eigenvalue weighted by molar-refractivity contribution is 5.39. The predicted octanol–water partition coefficient (Wildman–Crippen LogP) is 0.449. The van der Waals surface area contributed by atoms with Gasteiger partial charge in [-0.3, -0.25) is 4.90 Å². The van der Waals surface area contributed by atoms with E-state index in [0.717, 1.165) is 31.7 Å². The van der Waals surface area contributed by atoms with Crippen LogP contribution in [0.3, 0.4) is 0 Å². The van der Waals surface area contributed by atoms with Gasteiger partial charge in [0.25, 0.3) is 0 Å². The van der Waals surface area contributed by atoms with E-state index >= 15 is 0 Å². The number of likely N-dealkylation sites (N-methyl/N-ethyl adjacent to an activating group) is 1. The standard InChI is InChI=1S/C14H21NO3/c1-15(13(9-16)10-17)6-4-11-2-3-14-12(8-11)5-7-18-14/h2-3,8,13,16-17H,4-7,9-10H2,1H3. The van der Waals surface area contributed by atoms with Gasteiger partial charge in [-0.1, -0.05) is 12.1 Å². The second kappa shape index (κ2) is 6.18. The summed E-state index contributed by atoms with van der Waals surface area (Å²) < 4.78 is 5.48. The fourth-order valence-electron chi connectivity index (χ4n) is 2.22. The summed E-state index contributed by atoms with van der Waals surface area (Å²) in [6.07, 6.45) is 1.91. The van der Waals surface area contributed by atoms with E-state index in [9.17, 15) is 0 Å². The van der Waals surface area contributed by atoms with Crippen LogP contribution in [0.1, 0.15) is 11.1 Å². The van der Waals surface area contributed by atoms with Gasteiger partial charge >= 0.3 is 0 Å². The van der Waals surface area contributed by atoms with Gasteiger partial charge < -0.3 is 14.9 Å². The lowest BCUT2D eigenvalue weighted by Crippen LogP contribution is -2.38. The Morgan fingerprint density at radius 2 is 2.11 bits per heavy atom. The Balaban J connectivity index is 1.90. The summed E-state index contributed by atoms with van der Waals surface area (Å²) in [5.41, 5.74) is 2.57. The first-order valence-corrected chi connectivity index (χ1v) is 6.41. The molecule has 0 saturated carbocycles. The second-order valence-corrected chi connectivity index (χ2v) is 4.79. The van der Waals surface area contributed by atoms with E-state index in [2.05, 4.69) is 12.1 Å². The predicted molar refractivity (Wildman–Crippen MR) is 69.9 cm³/mol. The van der Waals surface area contributed by atoms with Crippen molar-refractivity contribution < 1.29 is 14.9 Å². The van der Waals surface area contributed by atoms with E-state index in [1.54, 1.807) is 0 Å². The number of aliphatic hydroxyl groups is 2. The third-order valence-electron chi connectivity index (χ3n) is 3.55. The van der Waals surface area contributed by atoms with Crippen molar-refractivity contribution in [2.75, 3.05) is 33.4 Å². The van der Waals surface area contributed by atoms with Crippen LogP contribution in [-0.2, 0) is 12.8 Å². The lowest BCUT2D eigenvalue weighted by Gasteiger charge is -2.24. The number of fused-ring (bicyclic) bond motifs is 1. The van der Waals surface area contributed by atoms with Crippen molar-refractivity contribution in [2.24, 2.45) is 0 Å². The molecule has 0 bridgehead atoms. The summed E-state index contributed by atoms with van der Waals surface area (Å²) in [4.78, 5) is 1.99. The van der Waals surface area contributed by atoms with Gasteiger partial charge in [-0.25, -0.2) is 0 Å². The number of hydrogen-bond donors (Lipinski definition) is 2. The van der Waals surface area contributed by atoms with Crippen molar-refractivity contribution in [1.29, 1.82) is 0 Å². The summed E-state index contributed by atoms with van der Waals surface area (Å²) >= 11 is 0. The lowest BCUT2D eigenvalue weighted by atomic mass is 10.1. The summed E-state index contributed by atoms with van der Waals surface area (Å²) in [5, 5.41) is 18.2. The highest BCUT2D eigenvalue weighted by Gasteiger charge is 2.14. The zero-order chi connectivity index (χ0) is 13.0. The number of rotatable bonds is 6. The molecule has 100 valence electrons. The summed E-state index contributed by atoms with van der Waals surface area (Å²) in [6.45, 7) is 1.59. The Bertz CT molecular complexity index is 391. The molecule has 1 aromatic carbocycles. The molecule has 0 atom stereocenters. The minimum Gasteiger partial charge on any atom is -0.493 e. The summed E-state index contributed by atoms with van der Waals surface area (Å²) in [7, 11) is 1.92. The molecule has 2 N–H and O–H groups in total. The molecule has 0 amide bonds. The summed E-state index contributed by atoms with van der Waals surface area (Å²) in [6, 6.07) is 6.16. The molecule has 0 aromatic heterocycles. The maximum Gasteiger partial charge on any atom is 0.122 e. The van der Waals surface area contributed by atoms with E-state index in [1.165, 1.54) is 11.1 Å². The molecule has 0 radical (unpaired) electrons. The molecule has 0 aliphatic carbocycles. The van der Waals surface area contributed by atoms with Crippen molar-refractivity contribution in [1.82, 2.24) is 4.90 Å². The van der Waals surface area contributed by atoms with Crippen LogP contribution in [0.4, 0.5) is 0 Å². The van der Waals surface area contributed by atoms with Gasteiger partial charge in [-0.15, -0.1) is 0 Å². The van der Waals surface area contributed by atoms with Crippen LogP contribution in [0, 0.1) is 0 Å². The molecular weight excluding hydrogens is 230 g/mol.